The molecule has 24 heavy (non-hydrogen) atoms. The van der Waals surface area contributed by atoms with E-state index in [-0.39, 0.29) is 36.3 Å². The highest BCUT2D eigenvalue weighted by Gasteiger charge is 2.13. The Kier molecular flexibility index (Phi) is 5.83. The van der Waals surface area contributed by atoms with Crippen LogP contribution in [0.5, 0.6) is 5.75 Å². The first kappa shape index (κ1) is 17.4. The van der Waals surface area contributed by atoms with Crippen LogP contribution in [0.25, 0.3) is 0 Å². The van der Waals surface area contributed by atoms with Crippen LogP contribution in [0.1, 0.15) is 23.2 Å². The second-order valence-corrected chi connectivity index (χ2v) is 4.78. The zero-order valence-electron chi connectivity index (χ0n) is 12.8. The van der Waals surface area contributed by atoms with Gasteiger partial charge in [-0.25, -0.2) is 8.78 Å². The highest BCUT2D eigenvalue weighted by molar-refractivity contribution is 5.92. The molecular weight excluding hydrogens is 324 g/mol. The van der Waals surface area contributed by atoms with E-state index in [9.17, 15) is 18.4 Å². The van der Waals surface area contributed by atoms with Crippen LogP contribution >= 0.6 is 0 Å². The van der Waals surface area contributed by atoms with E-state index in [1.165, 1.54) is 19.1 Å². The van der Waals surface area contributed by atoms with Gasteiger partial charge in [0, 0.05) is 32.1 Å². The molecule has 0 bridgehead atoms. The average Bonchev–Trinajstić information content (AvgIpc) is 3.01. The molecule has 128 valence electrons. The van der Waals surface area contributed by atoms with Crippen LogP contribution in [-0.4, -0.2) is 30.1 Å². The molecule has 0 aliphatic rings. The lowest BCUT2D eigenvalue weighted by molar-refractivity contribution is -0.118. The fourth-order valence-corrected chi connectivity index (χ4v) is 1.71. The monoisotopic (exact) mass is 339 g/mol. The van der Waals surface area contributed by atoms with Crippen LogP contribution in [-0.2, 0) is 11.4 Å². The normalized spacial score (nSPS) is 10.3. The van der Waals surface area contributed by atoms with Gasteiger partial charge >= 0.3 is 0 Å². The van der Waals surface area contributed by atoms with E-state index in [4.69, 9.17) is 9.26 Å². The molecule has 1 heterocycles. The van der Waals surface area contributed by atoms with Crippen LogP contribution in [0, 0.1) is 11.6 Å². The minimum atomic E-state index is -1.02. The Hall–Kier alpha value is -2.97. The zero-order valence-corrected chi connectivity index (χ0v) is 12.8. The van der Waals surface area contributed by atoms with Crippen LogP contribution in [0.2, 0.25) is 0 Å². The van der Waals surface area contributed by atoms with Gasteiger partial charge in [0.2, 0.25) is 5.91 Å². The van der Waals surface area contributed by atoms with Crippen molar-refractivity contribution >= 4 is 11.8 Å². The molecule has 7 nitrogen and oxygen atoms in total. The second kappa shape index (κ2) is 8.04. The number of ether oxygens (including phenoxy) is 1. The number of rotatable bonds is 7. The quantitative estimate of drug-likeness (QED) is 0.744. The Morgan fingerprint density at radius 1 is 1.17 bits per heavy atom. The lowest BCUT2D eigenvalue weighted by Gasteiger charge is -2.03. The maximum Gasteiger partial charge on any atom is 0.273 e. The largest absolute Gasteiger partial charge is 0.485 e. The van der Waals surface area contributed by atoms with Gasteiger partial charge in [-0.05, 0) is 12.1 Å². The molecule has 2 amide bonds. The SMILES string of the molecule is CC(=O)NCCNC(=O)c1cc(COc2ccc(F)c(F)c2)on1. The Bertz CT molecular complexity index is 733. The Balaban J connectivity index is 1.82. The van der Waals surface area contributed by atoms with Crippen LogP contribution in [0.15, 0.2) is 28.8 Å². The van der Waals surface area contributed by atoms with Crippen LogP contribution in [0.3, 0.4) is 0 Å². The first-order valence-electron chi connectivity index (χ1n) is 7.02. The number of aromatic nitrogens is 1. The summed E-state index contributed by atoms with van der Waals surface area (Å²) >= 11 is 0. The third-order valence-corrected chi connectivity index (χ3v) is 2.85. The average molecular weight is 339 g/mol. The van der Waals surface area contributed by atoms with Crippen molar-refractivity contribution in [3.63, 3.8) is 0 Å². The second-order valence-electron chi connectivity index (χ2n) is 4.78. The van der Waals surface area contributed by atoms with Crippen molar-refractivity contribution < 1.29 is 27.6 Å². The minimum Gasteiger partial charge on any atom is -0.485 e. The van der Waals surface area contributed by atoms with E-state index in [1.54, 1.807) is 0 Å². The number of nitrogens with zero attached hydrogens (tertiary/aromatic N) is 1. The summed E-state index contributed by atoms with van der Waals surface area (Å²) in [6.45, 7) is 1.81. The molecule has 0 unspecified atom stereocenters. The van der Waals surface area contributed by atoms with E-state index in [1.807, 2.05) is 0 Å². The zero-order chi connectivity index (χ0) is 17.5. The number of halogens is 2. The molecule has 0 aliphatic carbocycles. The van der Waals surface area contributed by atoms with E-state index >= 15 is 0 Å². The first-order chi connectivity index (χ1) is 11.5. The standard InChI is InChI=1S/C15H15F2N3O4/c1-9(21)18-4-5-19-15(22)14-7-11(24-20-14)8-23-10-2-3-12(16)13(17)6-10/h2-3,6-7H,4-5,8H2,1H3,(H,18,21)(H,19,22). The molecule has 0 aliphatic heterocycles. The van der Waals surface area contributed by atoms with Gasteiger partial charge in [-0.15, -0.1) is 0 Å². The third kappa shape index (κ3) is 5.04. The summed E-state index contributed by atoms with van der Waals surface area (Å²) in [7, 11) is 0. The van der Waals surface area contributed by atoms with Gasteiger partial charge in [0.05, 0.1) is 0 Å². The number of hydrogen-bond acceptors (Lipinski definition) is 5. The highest BCUT2D eigenvalue weighted by atomic mass is 19.2. The summed E-state index contributed by atoms with van der Waals surface area (Å²) in [4.78, 5) is 22.5. The topological polar surface area (TPSA) is 93.5 Å². The number of carbonyl (C=O) groups is 2. The smallest absolute Gasteiger partial charge is 0.273 e. The maximum atomic E-state index is 13.0. The van der Waals surface area contributed by atoms with E-state index in [2.05, 4.69) is 15.8 Å². The van der Waals surface area contributed by atoms with Gasteiger partial charge in [-0.3, -0.25) is 9.59 Å². The maximum absolute atomic E-state index is 13.0. The fraction of sp³-hybridized carbons (Fsp3) is 0.267. The summed E-state index contributed by atoms with van der Waals surface area (Å²) in [6, 6.07) is 4.48. The molecule has 0 fully saturated rings. The number of nitrogens with one attached hydrogen (secondary N) is 2. The van der Waals surface area contributed by atoms with Crippen molar-refractivity contribution in [2.45, 2.75) is 13.5 Å². The first-order valence-corrected chi connectivity index (χ1v) is 7.02. The lowest BCUT2D eigenvalue weighted by atomic mass is 10.3. The summed E-state index contributed by atoms with van der Waals surface area (Å²) in [6.07, 6.45) is 0. The summed E-state index contributed by atoms with van der Waals surface area (Å²) in [5.74, 6) is -2.30. The van der Waals surface area contributed by atoms with Gasteiger partial charge in [0.15, 0.2) is 23.1 Å². The Morgan fingerprint density at radius 2 is 1.92 bits per heavy atom. The predicted molar refractivity (Wildman–Crippen MR) is 78.2 cm³/mol. The van der Waals surface area contributed by atoms with Gasteiger partial charge < -0.3 is 19.9 Å². The van der Waals surface area contributed by atoms with Gasteiger partial charge in [0.25, 0.3) is 5.91 Å². The molecule has 0 spiro atoms. The summed E-state index contributed by atoms with van der Waals surface area (Å²) < 4.78 is 36.0. The highest BCUT2D eigenvalue weighted by Crippen LogP contribution is 2.17. The van der Waals surface area contributed by atoms with Crippen molar-refractivity contribution in [3.8, 4) is 5.75 Å². The van der Waals surface area contributed by atoms with E-state index in [0.717, 1.165) is 12.1 Å². The van der Waals surface area contributed by atoms with Gasteiger partial charge in [0.1, 0.15) is 12.4 Å². The van der Waals surface area contributed by atoms with Gasteiger partial charge in [-0.1, -0.05) is 5.16 Å². The Morgan fingerprint density at radius 3 is 2.62 bits per heavy atom. The van der Waals surface area contributed by atoms with E-state index < -0.39 is 17.5 Å². The molecule has 1 aromatic carbocycles. The van der Waals surface area contributed by atoms with Crippen LogP contribution < -0.4 is 15.4 Å². The van der Waals surface area contributed by atoms with Crippen molar-refractivity contribution in [1.29, 1.82) is 0 Å². The number of amides is 2. The summed E-state index contributed by atoms with van der Waals surface area (Å²) in [5, 5.41) is 8.66. The fourth-order valence-electron chi connectivity index (χ4n) is 1.71. The van der Waals surface area contributed by atoms with Crippen molar-refractivity contribution in [2.24, 2.45) is 0 Å². The molecule has 2 N–H and O–H groups in total. The molecule has 0 atom stereocenters. The van der Waals surface area contributed by atoms with Crippen molar-refractivity contribution in [1.82, 2.24) is 15.8 Å². The van der Waals surface area contributed by atoms with Crippen molar-refractivity contribution in [2.75, 3.05) is 13.1 Å². The predicted octanol–water partition coefficient (Wildman–Crippen LogP) is 1.40. The number of hydrogen-bond donors (Lipinski definition) is 2. The molecule has 0 saturated carbocycles. The molecule has 1 aromatic heterocycles. The molecular formula is C15H15F2N3O4. The molecule has 9 heteroatoms. The Labute approximate surface area is 136 Å². The third-order valence-electron chi connectivity index (χ3n) is 2.85. The molecule has 0 saturated heterocycles. The van der Waals surface area contributed by atoms with E-state index in [0.29, 0.717) is 6.54 Å². The van der Waals surface area contributed by atoms with Crippen LogP contribution in [0.4, 0.5) is 8.78 Å². The van der Waals surface area contributed by atoms with Crippen molar-refractivity contribution in [3.05, 3.63) is 47.4 Å². The lowest BCUT2D eigenvalue weighted by Crippen LogP contribution is -2.33. The minimum absolute atomic E-state index is 0.0433. The van der Waals surface area contributed by atoms with Gasteiger partial charge in [-0.2, -0.15) is 0 Å². The summed E-state index contributed by atoms with van der Waals surface area (Å²) in [5.41, 5.74) is 0.0433. The molecule has 2 rings (SSSR count). The number of carbonyl (C=O) groups excluding carboxylic acids is 2. The number of benzene rings is 1. The molecule has 0 radical (unpaired) electrons. The molecule has 2 aromatic rings.